The van der Waals surface area contributed by atoms with Gasteiger partial charge in [-0.1, -0.05) is 0 Å². The lowest BCUT2D eigenvalue weighted by Gasteiger charge is -1.96. The number of rotatable bonds is 0. The number of hydrogen-bond donors (Lipinski definition) is 1. The molecule has 0 saturated carbocycles. The number of nitrogens with zero attached hydrogens (tertiary/aromatic N) is 1. The molecule has 0 aliphatic carbocycles. The highest BCUT2D eigenvalue weighted by Gasteiger charge is 1.97. The van der Waals surface area contributed by atoms with Gasteiger partial charge >= 0.3 is 0 Å². The van der Waals surface area contributed by atoms with Crippen LogP contribution in [-0.2, 0) is 0 Å². The van der Waals surface area contributed by atoms with E-state index in [1.807, 2.05) is 6.07 Å². The molecule has 2 nitrogen and oxygen atoms in total. The van der Waals surface area contributed by atoms with Crippen LogP contribution in [0.1, 0.15) is 0 Å². The van der Waals surface area contributed by atoms with Crippen LogP contribution in [-0.4, -0.2) is 4.98 Å². The van der Waals surface area contributed by atoms with E-state index >= 15 is 0 Å². The highest BCUT2D eigenvalue weighted by molar-refractivity contribution is 14.1. The van der Waals surface area contributed by atoms with Crippen molar-refractivity contribution in [2.24, 2.45) is 0 Å². The molecule has 1 aromatic rings. The van der Waals surface area contributed by atoms with Crippen LogP contribution in [0.4, 0.5) is 5.69 Å². The largest absolute Gasteiger partial charge is 0.396 e. The molecular weight excluding hydrogens is 295 g/mol. The first-order valence-electron chi connectivity index (χ1n) is 2.27. The van der Waals surface area contributed by atoms with Crippen molar-refractivity contribution in [1.82, 2.24) is 4.98 Å². The number of nitrogens with two attached hydrogens (primary N) is 1. The van der Waals surface area contributed by atoms with E-state index in [0.29, 0.717) is 5.69 Å². The predicted octanol–water partition coefficient (Wildman–Crippen LogP) is 2.03. The Morgan fingerprint density at radius 2 is 2.33 bits per heavy atom. The Hall–Kier alpha value is 0.160. The van der Waals surface area contributed by atoms with Gasteiger partial charge in [0.1, 0.15) is 4.60 Å². The van der Waals surface area contributed by atoms with Crippen LogP contribution < -0.4 is 5.73 Å². The van der Waals surface area contributed by atoms with E-state index in [9.17, 15) is 0 Å². The standard InChI is InChI=1S/C5H4BrIN2/c6-5-4(8)3(7)1-2-9-5/h1-2H,8H2. The molecule has 0 radical (unpaired) electrons. The van der Waals surface area contributed by atoms with Crippen molar-refractivity contribution in [1.29, 1.82) is 0 Å². The van der Waals surface area contributed by atoms with E-state index in [4.69, 9.17) is 5.73 Å². The zero-order valence-electron chi connectivity index (χ0n) is 4.44. The highest BCUT2D eigenvalue weighted by atomic mass is 127. The van der Waals surface area contributed by atoms with Gasteiger partial charge in [-0.25, -0.2) is 4.98 Å². The Bertz CT molecular complexity index is 206. The maximum absolute atomic E-state index is 5.56. The number of aromatic nitrogens is 1. The average molecular weight is 299 g/mol. The molecule has 0 saturated heterocycles. The number of halogens is 2. The molecule has 0 spiro atoms. The van der Waals surface area contributed by atoms with Gasteiger partial charge in [0, 0.05) is 9.77 Å². The highest BCUT2D eigenvalue weighted by Crippen LogP contribution is 2.20. The van der Waals surface area contributed by atoms with Crippen LogP contribution >= 0.6 is 38.5 Å². The number of hydrogen-bond acceptors (Lipinski definition) is 2. The first-order valence-corrected chi connectivity index (χ1v) is 4.14. The minimum Gasteiger partial charge on any atom is -0.396 e. The molecule has 0 amide bonds. The second-order valence-electron chi connectivity index (χ2n) is 1.50. The van der Waals surface area contributed by atoms with Crippen LogP contribution in [0.15, 0.2) is 16.9 Å². The summed E-state index contributed by atoms with van der Waals surface area (Å²) >= 11 is 5.36. The summed E-state index contributed by atoms with van der Waals surface area (Å²) in [4.78, 5) is 3.93. The third kappa shape index (κ3) is 1.54. The first-order chi connectivity index (χ1) is 4.22. The molecule has 0 aromatic carbocycles. The third-order valence-corrected chi connectivity index (χ3v) is 2.46. The zero-order chi connectivity index (χ0) is 6.85. The fourth-order valence-corrected chi connectivity index (χ4v) is 1.54. The molecule has 0 fully saturated rings. The Labute approximate surface area is 75.1 Å². The van der Waals surface area contributed by atoms with Gasteiger partial charge in [0.2, 0.25) is 0 Å². The van der Waals surface area contributed by atoms with Gasteiger partial charge in [-0.05, 0) is 44.6 Å². The van der Waals surface area contributed by atoms with Crippen molar-refractivity contribution in [3.8, 4) is 0 Å². The van der Waals surface area contributed by atoms with E-state index in [2.05, 4.69) is 43.5 Å². The van der Waals surface area contributed by atoms with Crippen molar-refractivity contribution >= 4 is 44.2 Å². The van der Waals surface area contributed by atoms with Crippen molar-refractivity contribution in [2.75, 3.05) is 5.73 Å². The number of pyridine rings is 1. The zero-order valence-corrected chi connectivity index (χ0v) is 8.18. The van der Waals surface area contributed by atoms with E-state index in [0.717, 1.165) is 8.17 Å². The minimum absolute atomic E-state index is 0.707. The van der Waals surface area contributed by atoms with Crippen molar-refractivity contribution in [3.05, 3.63) is 20.4 Å². The molecule has 0 aliphatic heterocycles. The minimum atomic E-state index is 0.707. The van der Waals surface area contributed by atoms with E-state index in [1.54, 1.807) is 6.20 Å². The van der Waals surface area contributed by atoms with E-state index < -0.39 is 0 Å². The summed E-state index contributed by atoms with van der Waals surface area (Å²) in [6.07, 6.45) is 1.71. The van der Waals surface area contributed by atoms with Gasteiger partial charge in [-0.15, -0.1) is 0 Å². The molecule has 1 aromatic heterocycles. The van der Waals surface area contributed by atoms with E-state index in [-0.39, 0.29) is 0 Å². The van der Waals surface area contributed by atoms with Crippen LogP contribution in [0.25, 0.3) is 0 Å². The van der Waals surface area contributed by atoms with Gasteiger partial charge in [0.15, 0.2) is 0 Å². The molecule has 1 rings (SSSR count). The van der Waals surface area contributed by atoms with Gasteiger partial charge < -0.3 is 5.73 Å². The normalized spacial score (nSPS) is 9.56. The molecule has 9 heavy (non-hydrogen) atoms. The fourth-order valence-electron chi connectivity index (χ4n) is 0.426. The van der Waals surface area contributed by atoms with Crippen molar-refractivity contribution in [2.45, 2.75) is 0 Å². The molecule has 48 valence electrons. The smallest absolute Gasteiger partial charge is 0.130 e. The van der Waals surface area contributed by atoms with Gasteiger partial charge in [-0.3, -0.25) is 0 Å². The average Bonchev–Trinajstić information content (AvgIpc) is 1.83. The van der Waals surface area contributed by atoms with Gasteiger partial charge in [0.05, 0.1) is 5.69 Å². The van der Waals surface area contributed by atoms with Crippen molar-refractivity contribution < 1.29 is 0 Å². The number of nitrogen functional groups attached to an aromatic ring is 1. The summed E-state index contributed by atoms with van der Waals surface area (Å²) in [5.74, 6) is 0. The summed E-state index contributed by atoms with van der Waals surface area (Å²) in [6.45, 7) is 0. The summed E-state index contributed by atoms with van der Waals surface area (Å²) < 4.78 is 1.74. The summed E-state index contributed by atoms with van der Waals surface area (Å²) in [5.41, 5.74) is 6.27. The Balaban J connectivity index is 3.25. The maximum atomic E-state index is 5.56. The van der Waals surface area contributed by atoms with Gasteiger partial charge in [-0.2, -0.15) is 0 Å². The summed E-state index contributed by atoms with van der Waals surface area (Å²) in [7, 11) is 0. The molecule has 0 atom stereocenters. The lowest BCUT2D eigenvalue weighted by molar-refractivity contribution is 1.27. The lowest BCUT2D eigenvalue weighted by Crippen LogP contribution is -1.91. The van der Waals surface area contributed by atoms with Crippen LogP contribution in [0.2, 0.25) is 0 Å². The number of anilines is 1. The molecule has 1 heterocycles. The molecule has 0 aliphatic rings. The molecule has 4 heteroatoms. The fraction of sp³-hybridized carbons (Fsp3) is 0. The van der Waals surface area contributed by atoms with Crippen LogP contribution in [0, 0.1) is 3.57 Å². The SMILES string of the molecule is Nc1c(I)ccnc1Br. The van der Waals surface area contributed by atoms with E-state index in [1.165, 1.54) is 0 Å². The molecular formula is C5H4BrIN2. The first kappa shape index (κ1) is 7.27. The summed E-state index contributed by atoms with van der Waals surface area (Å²) in [6, 6.07) is 1.86. The summed E-state index contributed by atoms with van der Waals surface area (Å²) in [5, 5.41) is 0. The lowest BCUT2D eigenvalue weighted by atomic mass is 10.4. The topological polar surface area (TPSA) is 38.9 Å². The third-order valence-electron chi connectivity index (χ3n) is 0.888. The second kappa shape index (κ2) is 2.83. The molecule has 0 bridgehead atoms. The Morgan fingerprint density at radius 1 is 1.67 bits per heavy atom. The quantitative estimate of drug-likeness (QED) is 0.588. The second-order valence-corrected chi connectivity index (χ2v) is 3.41. The monoisotopic (exact) mass is 298 g/mol. The Kier molecular flexibility index (Phi) is 2.29. The van der Waals surface area contributed by atoms with Crippen LogP contribution in [0.5, 0.6) is 0 Å². The molecule has 2 N–H and O–H groups in total. The Morgan fingerprint density at radius 3 is 2.78 bits per heavy atom. The molecule has 0 unspecified atom stereocenters. The van der Waals surface area contributed by atoms with Crippen molar-refractivity contribution in [3.63, 3.8) is 0 Å². The maximum Gasteiger partial charge on any atom is 0.130 e. The van der Waals surface area contributed by atoms with Crippen LogP contribution in [0.3, 0.4) is 0 Å². The predicted molar refractivity (Wildman–Crippen MR) is 49.1 cm³/mol. The van der Waals surface area contributed by atoms with Gasteiger partial charge in [0.25, 0.3) is 0 Å².